The summed E-state index contributed by atoms with van der Waals surface area (Å²) in [6.07, 6.45) is 4.90. The Morgan fingerprint density at radius 3 is 2.79 bits per heavy atom. The summed E-state index contributed by atoms with van der Waals surface area (Å²) in [5, 5.41) is 9.44. The first-order chi connectivity index (χ1) is 8.89. The molecule has 0 aliphatic heterocycles. The molecule has 0 aromatic carbocycles. The molecule has 0 unspecified atom stereocenters. The molecule has 7 heteroatoms. The first-order valence-electron chi connectivity index (χ1n) is 5.99. The van der Waals surface area contributed by atoms with Gasteiger partial charge in [-0.15, -0.1) is 0 Å². The van der Waals surface area contributed by atoms with Crippen LogP contribution in [0.15, 0.2) is 23.4 Å². The van der Waals surface area contributed by atoms with Gasteiger partial charge in [0.1, 0.15) is 5.82 Å². The fourth-order valence-electron chi connectivity index (χ4n) is 1.70. The van der Waals surface area contributed by atoms with Crippen molar-refractivity contribution in [2.75, 3.05) is 11.1 Å². The average molecular weight is 262 g/mol. The van der Waals surface area contributed by atoms with Crippen molar-refractivity contribution in [2.24, 2.45) is 0 Å². The van der Waals surface area contributed by atoms with Crippen LogP contribution < -0.4 is 16.6 Å². The molecular weight excluding hydrogens is 244 g/mol. The second kappa shape index (κ2) is 4.75. The summed E-state index contributed by atoms with van der Waals surface area (Å²) in [4.78, 5) is 16.3. The minimum atomic E-state index is -0.287. The third-order valence-electron chi connectivity index (χ3n) is 2.76. The highest BCUT2D eigenvalue weighted by molar-refractivity contribution is 5.41. The number of aromatic nitrogens is 4. The molecule has 0 amide bonds. The van der Waals surface area contributed by atoms with Crippen LogP contribution in [-0.2, 0) is 12.1 Å². The number of nitrogens with one attached hydrogen (secondary N) is 2. The second-order valence-electron chi connectivity index (χ2n) is 5.28. The van der Waals surface area contributed by atoms with Gasteiger partial charge in [0.05, 0.1) is 6.20 Å². The number of hydrogen-bond donors (Lipinski definition) is 3. The van der Waals surface area contributed by atoms with Gasteiger partial charge >= 0.3 is 0 Å². The van der Waals surface area contributed by atoms with E-state index in [-0.39, 0.29) is 11.1 Å². The van der Waals surface area contributed by atoms with Gasteiger partial charge in [-0.25, -0.2) is 4.98 Å². The van der Waals surface area contributed by atoms with Crippen LogP contribution in [-0.4, -0.2) is 19.7 Å². The van der Waals surface area contributed by atoms with Gasteiger partial charge in [-0.2, -0.15) is 5.10 Å². The zero-order valence-corrected chi connectivity index (χ0v) is 11.3. The van der Waals surface area contributed by atoms with Gasteiger partial charge in [0.2, 0.25) is 0 Å². The van der Waals surface area contributed by atoms with Crippen molar-refractivity contribution in [3.63, 3.8) is 0 Å². The molecule has 0 bridgehead atoms. The lowest BCUT2D eigenvalue weighted by Crippen LogP contribution is -2.35. The molecule has 0 saturated carbocycles. The molecule has 4 N–H and O–H groups in total. The van der Waals surface area contributed by atoms with E-state index in [2.05, 4.69) is 20.5 Å². The number of nitrogen functional groups attached to an aromatic ring is 1. The largest absolute Gasteiger partial charge is 0.384 e. The molecule has 102 valence electrons. The van der Waals surface area contributed by atoms with Crippen molar-refractivity contribution in [1.82, 2.24) is 19.7 Å². The van der Waals surface area contributed by atoms with E-state index in [4.69, 9.17) is 5.73 Å². The smallest absolute Gasteiger partial charge is 0.293 e. The number of aromatic amines is 1. The van der Waals surface area contributed by atoms with Gasteiger partial charge in [-0.3, -0.25) is 9.89 Å². The molecule has 0 saturated heterocycles. The summed E-state index contributed by atoms with van der Waals surface area (Å²) < 4.78 is 1.64. The van der Waals surface area contributed by atoms with Gasteiger partial charge < -0.3 is 15.6 Å². The Balaban J connectivity index is 2.23. The lowest BCUT2D eigenvalue weighted by molar-refractivity contribution is 0.383. The molecule has 2 aromatic heterocycles. The molecule has 2 heterocycles. The predicted octanol–water partition coefficient (Wildman–Crippen LogP) is 0.916. The molecule has 0 spiro atoms. The summed E-state index contributed by atoms with van der Waals surface area (Å²) >= 11 is 0. The lowest BCUT2D eigenvalue weighted by atomic mass is 10.1. The number of nitrogens with zero attached hydrogens (tertiary/aromatic N) is 3. The second-order valence-corrected chi connectivity index (χ2v) is 5.28. The van der Waals surface area contributed by atoms with Crippen LogP contribution in [0.5, 0.6) is 0 Å². The van der Waals surface area contributed by atoms with Crippen molar-refractivity contribution < 1.29 is 0 Å². The van der Waals surface area contributed by atoms with Crippen molar-refractivity contribution in [1.29, 1.82) is 0 Å². The summed E-state index contributed by atoms with van der Waals surface area (Å²) in [6.45, 7) is 6.30. The number of nitrogens with two attached hydrogens (primary N) is 1. The van der Waals surface area contributed by atoms with E-state index >= 15 is 0 Å². The predicted molar refractivity (Wildman–Crippen MR) is 73.8 cm³/mol. The highest BCUT2D eigenvalue weighted by Crippen LogP contribution is 2.12. The monoisotopic (exact) mass is 262 g/mol. The Hall–Kier alpha value is -2.31. The first-order valence-corrected chi connectivity index (χ1v) is 5.99. The van der Waals surface area contributed by atoms with Crippen LogP contribution in [0.4, 0.5) is 11.6 Å². The highest BCUT2D eigenvalue weighted by Gasteiger charge is 2.16. The third-order valence-corrected chi connectivity index (χ3v) is 2.76. The number of anilines is 2. The van der Waals surface area contributed by atoms with E-state index in [1.165, 1.54) is 0 Å². The van der Waals surface area contributed by atoms with E-state index in [0.29, 0.717) is 18.2 Å². The molecule has 0 fully saturated rings. The van der Waals surface area contributed by atoms with Crippen molar-refractivity contribution in [2.45, 2.75) is 32.9 Å². The van der Waals surface area contributed by atoms with Crippen molar-refractivity contribution in [3.05, 3.63) is 34.5 Å². The maximum Gasteiger partial charge on any atom is 0.293 e. The van der Waals surface area contributed by atoms with E-state index in [9.17, 15) is 4.79 Å². The van der Waals surface area contributed by atoms with Gasteiger partial charge in [0, 0.05) is 30.0 Å². The Kier molecular flexibility index (Phi) is 3.28. The van der Waals surface area contributed by atoms with Crippen LogP contribution in [0, 0.1) is 0 Å². The quantitative estimate of drug-likeness (QED) is 0.763. The number of rotatable bonds is 3. The Bertz CT molecular complexity index is 622. The topological polar surface area (TPSA) is 102 Å². The van der Waals surface area contributed by atoms with E-state index in [1.54, 1.807) is 23.2 Å². The van der Waals surface area contributed by atoms with E-state index in [1.807, 2.05) is 20.8 Å². The summed E-state index contributed by atoms with van der Waals surface area (Å²) in [6, 6.07) is 0. The van der Waals surface area contributed by atoms with Crippen molar-refractivity contribution in [3.8, 4) is 0 Å². The minimum Gasteiger partial charge on any atom is -0.384 e. The van der Waals surface area contributed by atoms with Crippen LogP contribution in [0.2, 0.25) is 0 Å². The summed E-state index contributed by atoms with van der Waals surface area (Å²) in [5.41, 5.74) is 6.04. The summed E-state index contributed by atoms with van der Waals surface area (Å²) in [5.74, 6) is 0.789. The number of H-pyrrole nitrogens is 1. The molecule has 0 atom stereocenters. The van der Waals surface area contributed by atoms with Gasteiger partial charge in [0.15, 0.2) is 5.82 Å². The molecule has 0 aliphatic rings. The molecule has 0 aliphatic carbocycles. The van der Waals surface area contributed by atoms with Crippen LogP contribution >= 0.6 is 0 Å². The first kappa shape index (κ1) is 13.1. The van der Waals surface area contributed by atoms with Crippen LogP contribution in [0.3, 0.4) is 0 Å². The number of hydrogen-bond acceptors (Lipinski definition) is 5. The van der Waals surface area contributed by atoms with Gasteiger partial charge in [-0.05, 0) is 20.8 Å². The molecular formula is C12H18N6O. The molecule has 2 rings (SSSR count). The Morgan fingerprint density at radius 1 is 1.47 bits per heavy atom. The fraction of sp³-hybridized carbons (Fsp3) is 0.417. The zero-order valence-electron chi connectivity index (χ0n) is 11.3. The SMILES string of the molecule is CC(C)(C)n1ccnc(NCc2cn[nH]c2N)c1=O. The molecule has 7 nitrogen and oxygen atoms in total. The highest BCUT2D eigenvalue weighted by atomic mass is 16.1. The molecule has 2 aromatic rings. The van der Waals surface area contributed by atoms with Crippen LogP contribution in [0.1, 0.15) is 26.3 Å². The van der Waals surface area contributed by atoms with E-state index < -0.39 is 0 Å². The molecule has 0 radical (unpaired) electrons. The van der Waals surface area contributed by atoms with Crippen molar-refractivity contribution >= 4 is 11.6 Å². The Labute approximate surface area is 110 Å². The third kappa shape index (κ3) is 2.75. The zero-order chi connectivity index (χ0) is 14.0. The average Bonchev–Trinajstić information content (AvgIpc) is 2.72. The minimum absolute atomic E-state index is 0.155. The lowest BCUT2D eigenvalue weighted by Gasteiger charge is -2.22. The normalized spacial score (nSPS) is 11.5. The van der Waals surface area contributed by atoms with Crippen LogP contribution in [0.25, 0.3) is 0 Å². The van der Waals surface area contributed by atoms with E-state index in [0.717, 1.165) is 5.56 Å². The maximum atomic E-state index is 12.2. The Morgan fingerprint density at radius 2 is 2.21 bits per heavy atom. The fourth-order valence-corrected chi connectivity index (χ4v) is 1.70. The van der Waals surface area contributed by atoms with Gasteiger partial charge in [-0.1, -0.05) is 0 Å². The maximum absolute atomic E-state index is 12.2. The standard InChI is InChI=1S/C12H18N6O/c1-12(2,3)18-5-4-14-10(11(18)19)15-6-8-7-16-17-9(8)13/h4-5,7H,6H2,1-3H3,(H,14,15)(H3,13,16,17). The molecule has 19 heavy (non-hydrogen) atoms. The summed E-state index contributed by atoms with van der Waals surface area (Å²) in [7, 11) is 0. The van der Waals surface area contributed by atoms with Gasteiger partial charge in [0.25, 0.3) is 5.56 Å².